The van der Waals surface area contributed by atoms with Crippen molar-refractivity contribution in [2.24, 2.45) is 0 Å². The van der Waals surface area contributed by atoms with Crippen LogP contribution in [0.2, 0.25) is 0 Å². The van der Waals surface area contributed by atoms with E-state index in [4.69, 9.17) is 24.1 Å². The third-order valence-electron chi connectivity index (χ3n) is 0.515. The zero-order chi connectivity index (χ0) is 9.49. The molecule has 0 aliphatic carbocycles. The molecule has 0 heterocycles. The summed E-state index contributed by atoms with van der Waals surface area (Å²) < 4.78 is 18.7. The highest BCUT2D eigenvalue weighted by atomic mass is 31.2. The Morgan fingerprint density at radius 1 is 1.36 bits per heavy atom. The monoisotopic (exact) mass is 206 g/mol. The van der Waals surface area contributed by atoms with Gasteiger partial charge in [-0.25, -0.2) is 0 Å². The Hall–Kier alpha value is 0.300. The summed E-state index contributed by atoms with van der Waals surface area (Å²) in [6.07, 6.45) is 0.553. The van der Waals surface area contributed by atoms with Gasteiger partial charge in [0.2, 0.25) is 0 Å². The lowest BCUT2D eigenvalue weighted by molar-refractivity contribution is 0.372. The van der Waals surface area contributed by atoms with E-state index < -0.39 is 15.9 Å². The molecule has 0 aromatic rings. The van der Waals surface area contributed by atoms with E-state index in [1.54, 1.807) is 6.92 Å². The molecule has 0 aliphatic heterocycles. The van der Waals surface area contributed by atoms with Gasteiger partial charge in [0.25, 0.3) is 0 Å². The Morgan fingerprint density at radius 2 is 1.64 bits per heavy atom. The lowest BCUT2D eigenvalue weighted by Crippen LogP contribution is -1.82. The minimum atomic E-state index is -3.67. The summed E-state index contributed by atoms with van der Waals surface area (Å²) in [5, 5.41) is 0. The van der Waals surface area contributed by atoms with Gasteiger partial charge in [0.15, 0.2) is 0 Å². The van der Waals surface area contributed by atoms with Crippen molar-refractivity contribution >= 4 is 15.9 Å². The van der Waals surface area contributed by atoms with Crippen molar-refractivity contribution in [3.8, 4) is 0 Å². The smallest absolute Gasteiger partial charge is 0.325 e. The van der Waals surface area contributed by atoms with Crippen molar-refractivity contribution in [1.82, 2.24) is 0 Å². The van der Waals surface area contributed by atoms with E-state index in [1.165, 1.54) is 0 Å². The summed E-state index contributed by atoms with van der Waals surface area (Å²) in [4.78, 5) is 30.6. The Bertz CT molecular complexity index is 146. The maximum atomic E-state index is 9.93. The van der Waals surface area contributed by atoms with Crippen LogP contribution in [-0.2, 0) is 9.13 Å². The van der Waals surface area contributed by atoms with Gasteiger partial charge in [0.1, 0.15) is 0 Å². The predicted octanol–water partition coefficient (Wildman–Crippen LogP) is -0.0652. The molecule has 0 rings (SSSR count). The molecule has 0 radical (unpaired) electrons. The molecule has 8 heteroatoms. The Morgan fingerprint density at radius 3 is 1.64 bits per heavy atom. The van der Waals surface area contributed by atoms with Crippen molar-refractivity contribution in [3.05, 3.63) is 0 Å². The molecule has 6 nitrogen and oxygen atoms in total. The highest BCUT2D eigenvalue weighted by Crippen LogP contribution is 2.34. The maximum Gasteiger partial charge on any atom is 0.325 e. The van der Waals surface area contributed by atoms with Gasteiger partial charge >= 0.3 is 15.9 Å². The van der Waals surface area contributed by atoms with Gasteiger partial charge in [-0.3, -0.25) is 9.13 Å². The molecule has 4 N–H and O–H groups in total. The second-order valence-corrected chi connectivity index (χ2v) is 4.01. The van der Waals surface area contributed by atoms with E-state index >= 15 is 0 Å². The van der Waals surface area contributed by atoms with Crippen LogP contribution in [0.3, 0.4) is 0 Å². The molecule has 0 aromatic heterocycles. The second kappa shape index (κ2) is 6.98. The van der Waals surface area contributed by atoms with E-state index in [2.05, 4.69) is 0 Å². The fourth-order valence-corrected chi connectivity index (χ4v) is 0.874. The molecular weight excluding hydrogens is 194 g/mol. The third-order valence-corrected chi connectivity index (χ3v) is 1.54. The topological polar surface area (TPSA) is 115 Å². The van der Waals surface area contributed by atoms with Crippen LogP contribution in [0.4, 0.5) is 0 Å². The molecule has 70 valence electrons. The number of hydrogen-bond acceptors (Lipinski definition) is 2. The summed E-state index contributed by atoms with van der Waals surface area (Å²) in [5.74, 6) is 0. The van der Waals surface area contributed by atoms with Gasteiger partial charge < -0.3 is 19.6 Å². The number of hydrogen-bond donors (Lipinski definition) is 4. The average Bonchev–Trinajstić information content (AvgIpc) is 1.58. The first-order valence-corrected chi connectivity index (χ1v) is 5.86. The average molecular weight is 206 g/mol. The van der Waals surface area contributed by atoms with Crippen molar-refractivity contribution in [2.75, 3.05) is 6.16 Å². The molecule has 0 bridgehead atoms. The molecule has 0 spiro atoms. The van der Waals surface area contributed by atoms with Crippen LogP contribution in [0.15, 0.2) is 0 Å². The maximum absolute atomic E-state index is 9.93. The lowest BCUT2D eigenvalue weighted by atomic mass is 10.6. The molecule has 0 atom stereocenters. The quantitative estimate of drug-likeness (QED) is 0.470. The Labute approximate surface area is 65.0 Å². The first kappa shape index (κ1) is 13.9. The van der Waals surface area contributed by atoms with Gasteiger partial charge in [0, 0.05) is 6.16 Å². The molecule has 0 aliphatic rings. The van der Waals surface area contributed by atoms with Crippen molar-refractivity contribution in [2.45, 2.75) is 13.3 Å². The zero-order valence-electron chi connectivity index (χ0n) is 5.97. The van der Waals surface area contributed by atoms with E-state index in [-0.39, 0.29) is 6.16 Å². The van der Waals surface area contributed by atoms with Gasteiger partial charge in [0.05, 0.1) is 0 Å². The van der Waals surface area contributed by atoms with Gasteiger partial charge in [-0.15, -0.1) is 0 Å². The highest BCUT2D eigenvalue weighted by molar-refractivity contribution is 7.51. The third kappa shape index (κ3) is 38.4. The van der Waals surface area contributed by atoms with Crippen LogP contribution in [0.1, 0.15) is 13.3 Å². The summed E-state index contributed by atoms with van der Waals surface area (Å²) in [6.45, 7) is 1.74. The van der Waals surface area contributed by atoms with Crippen LogP contribution in [0.5, 0.6) is 0 Å². The molecule has 0 saturated heterocycles. The predicted molar refractivity (Wildman–Crippen MR) is 40.6 cm³/mol. The molecular formula is C3H12O6P2. The van der Waals surface area contributed by atoms with E-state index in [9.17, 15) is 4.57 Å². The van der Waals surface area contributed by atoms with E-state index in [1.807, 2.05) is 0 Å². The SMILES string of the molecule is CCCP(=O)(O)O.O=[PH](O)O. The first-order chi connectivity index (χ1) is 4.79. The fraction of sp³-hybridized carbons (Fsp3) is 1.00. The largest absolute Gasteiger partial charge is 0.326 e. The van der Waals surface area contributed by atoms with Crippen LogP contribution in [0.25, 0.3) is 0 Å². The Balaban J connectivity index is 0. The Kier molecular flexibility index (Phi) is 8.79. The molecule has 0 amide bonds. The highest BCUT2D eigenvalue weighted by Gasteiger charge is 2.08. The molecule has 0 unspecified atom stereocenters. The molecule has 0 saturated carbocycles. The summed E-state index contributed by atoms with van der Waals surface area (Å²) in [7, 11) is -6.80. The molecule has 0 aromatic carbocycles. The van der Waals surface area contributed by atoms with Crippen LogP contribution >= 0.6 is 15.9 Å². The lowest BCUT2D eigenvalue weighted by Gasteiger charge is -1.96. The van der Waals surface area contributed by atoms with Crippen molar-refractivity contribution in [3.63, 3.8) is 0 Å². The molecule has 11 heavy (non-hydrogen) atoms. The van der Waals surface area contributed by atoms with Gasteiger partial charge in [-0.1, -0.05) is 6.92 Å². The van der Waals surface area contributed by atoms with Crippen molar-refractivity contribution < 1.29 is 28.7 Å². The minimum absolute atomic E-state index is 0.00694. The zero-order valence-corrected chi connectivity index (χ0v) is 7.86. The second-order valence-electron chi connectivity index (χ2n) is 1.67. The summed E-state index contributed by atoms with van der Waals surface area (Å²) in [6, 6.07) is 0. The van der Waals surface area contributed by atoms with Crippen LogP contribution < -0.4 is 0 Å². The van der Waals surface area contributed by atoms with E-state index in [0.29, 0.717) is 6.42 Å². The standard InChI is InChI=1S/C3H9O3P.H3O3P/c1-2-3-7(4,5)6;1-4(2)3/h2-3H2,1H3,(H2,4,5,6);4H,(H2,1,2,3). The fourth-order valence-electron chi connectivity index (χ4n) is 0.291. The normalized spacial score (nSPS) is 10.7. The first-order valence-electron chi connectivity index (χ1n) is 2.76. The minimum Gasteiger partial charge on any atom is -0.326 e. The van der Waals surface area contributed by atoms with Gasteiger partial charge in [-0.05, 0) is 6.42 Å². The van der Waals surface area contributed by atoms with Gasteiger partial charge in [-0.2, -0.15) is 0 Å². The van der Waals surface area contributed by atoms with E-state index in [0.717, 1.165) is 0 Å². The summed E-state index contributed by atoms with van der Waals surface area (Å²) in [5.41, 5.74) is 0. The number of rotatable bonds is 2. The van der Waals surface area contributed by atoms with Crippen LogP contribution in [0, 0.1) is 0 Å². The van der Waals surface area contributed by atoms with Crippen LogP contribution in [-0.4, -0.2) is 25.7 Å². The molecule has 0 fully saturated rings. The van der Waals surface area contributed by atoms with Crippen molar-refractivity contribution in [1.29, 1.82) is 0 Å². The summed E-state index contributed by atoms with van der Waals surface area (Å²) >= 11 is 0.